The molecule has 0 spiro atoms. The van der Waals surface area contributed by atoms with Gasteiger partial charge >= 0.3 is 0 Å². The van der Waals surface area contributed by atoms with Crippen LogP contribution in [0.3, 0.4) is 0 Å². The van der Waals surface area contributed by atoms with Gasteiger partial charge in [0.2, 0.25) is 0 Å². The van der Waals surface area contributed by atoms with Crippen molar-refractivity contribution in [2.75, 3.05) is 12.8 Å². The molecule has 1 unspecified atom stereocenters. The van der Waals surface area contributed by atoms with Crippen LogP contribution in [0.2, 0.25) is 5.02 Å². The third kappa shape index (κ3) is 3.08. The number of nitrogens with two attached hydrogens (primary N) is 1. The van der Waals surface area contributed by atoms with E-state index in [0.717, 1.165) is 11.3 Å². The molecule has 1 heterocycles. The first-order chi connectivity index (χ1) is 13.5. The molecule has 0 saturated carbocycles. The SMILES string of the molecule is COc1ccc(CN2C(=O)c3cccc(N)c3C2c2cc(F)ccc2Cl)cc1. The predicted octanol–water partition coefficient (Wildman–Crippen LogP) is 4.82. The van der Waals surface area contributed by atoms with E-state index in [0.29, 0.717) is 33.9 Å². The van der Waals surface area contributed by atoms with Crippen LogP contribution in [0.1, 0.15) is 33.1 Å². The van der Waals surface area contributed by atoms with Gasteiger partial charge in [-0.15, -0.1) is 0 Å². The number of ether oxygens (including phenoxy) is 1. The van der Waals surface area contributed by atoms with Gasteiger partial charge in [-0.05, 0) is 48.0 Å². The van der Waals surface area contributed by atoms with Crippen LogP contribution < -0.4 is 10.5 Å². The lowest BCUT2D eigenvalue weighted by Crippen LogP contribution is -2.28. The summed E-state index contributed by atoms with van der Waals surface area (Å²) in [6.45, 7) is 0.328. The third-order valence-corrected chi connectivity index (χ3v) is 5.33. The van der Waals surface area contributed by atoms with Gasteiger partial charge in [0.1, 0.15) is 11.6 Å². The molecule has 4 nitrogen and oxygen atoms in total. The van der Waals surface area contributed by atoms with E-state index in [2.05, 4.69) is 0 Å². The number of carbonyl (C=O) groups is 1. The number of amides is 1. The largest absolute Gasteiger partial charge is 0.497 e. The normalized spacial score (nSPS) is 15.6. The Morgan fingerprint density at radius 2 is 1.89 bits per heavy atom. The molecule has 0 aromatic heterocycles. The van der Waals surface area contributed by atoms with Crippen LogP contribution >= 0.6 is 11.6 Å². The number of rotatable bonds is 4. The first-order valence-electron chi connectivity index (χ1n) is 8.77. The van der Waals surface area contributed by atoms with Crippen molar-refractivity contribution < 1.29 is 13.9 Å². The number of hydrogen-bond acceptors (Lipinski definition) is 3. The summed E-state index contributed by atoms with van der Waals surface area (Å²) in [5, 5.41) is 0.384. The van der Waals surface area contributed by atoms with Crippen LogP contribution in [-0.2, 0) is 6.54 Å². The summed E-state index contributed by atoms with van der Waals surface area (Å²) in [6.07, 6.45) is 0. The van der Waals surface area contributed by atoms with Gasteiger partial charge in [0.25, 0.3) is 5.91 Å². The van der Waals surface area contributed by atoms with Crippen LogP contribution in [0.25, 0.3) is 0 Å². The molecule has 0 aliphatic carbocycles. The minimum atomic E-state index is -0.561. The zero-order chi connectivity index (χ0) is 19.8. The lowest BCUT2D eigenvalue weighted by molar-refractivity contribution is 0.0736. The molecule has 28 heavy (non-hydrogen) atoms. The van der Waals surface area contributed by atoms with Gasteiger partial charge < -0.3 is 15.4 Å². The third-order valence-electron chi connectivity index (χ3n) is 4.98. The molecule has 6 heteroatoms. The number of nitrogen functional groups attached to an aromatic ring is 1. The Hall–Kier alpha value is -3.05. The number of carbonyl (C=O) groups excluding carboxylic acids is 1. The number of fused-ring (bicyclic) bond motifs is 1. The lowest BCUT2D eigenvalue weighted by atomic mass is 9.96. The molecule has 1 aliphatic heterocycles. The van der Waals surface area contributed by atoms with Gasteiger partial charge in [0, 0.05) is 33.9 Å². The maximum Gasteiger partial charge on any atom is 0.255 e. The fourth-order valence-corrected chi connectivity index (χ4v) is 3.86. The zero-order valence-electron chi connectivity index (χ0n) is 15.2. The molecular formula is C22H18ClFN2O2. The van der Waals surface area contributed by atoms with E-state index < -0.39 is 11.9 Å². The lowest BCUT2D eigenvalue weighted by Gasteiger charge is -2.27. The number of benzene rings is 3. The number of anilines is 1. The Bertz CT molecular complexity index is 1050. The van der Waals surface area contributed by atoms with Gasteiger partial charge in [0.15, 0.2) is 0 Å². The molecule has 3 aromatic rings. The van der Waals surface area contributed by atoms with E-state index in [-0.39, 0.29) is 5.91 Å². The topological polar surface area (TPSA) is 55.6 Å². The molecule has 0 radical (unpaired) electrons. The highest BCUT2D eigenvalue weighted by molar-refractivity contribution is 6.31. The van der Waals surface area contributed by atoms with E-state index in [1.165, 1.54) is 18.2 Å². The fourth-order valence-electron chi connectivity index (χ4n) is 3.64. The molecule has 2 N–H and O–H groups in total. The fraction of sp³-hybridized carbons (Fsp3) is 0.136. The maximum absolute atomic E-state index is 14.0. The highest BCUT2D eigenvalue weighted by atomic mass is 35.5. The van der Waals surface area contributed by atoms with Crippen LogP contribution in [0.15, 0.2) is 60.7 Å². The molecule has 1 aliphatic rings. The minimum Gasteiger partial charge on any atom is -0.497 e. The smallest absolute Gasteiger partial charge is 0.255 e. The molecule has 0 bridgehead atoms. The van der Waals surface area contributed by atoms with Gasteiger partial charge in [-0.1, -0.05) is 29.8 Å². The Labute approximate surface area is 167 Å². The van der Waals surface area contributed by atoms with Gasteiger partial charge in [-0.3, -0.25) is 4.79 Å². The average molecular weight is 397 g/mol. The van der Waals surface area contributed by atoms with E-state index >= 15 is 0 Å². The van der Waals surface area contributed by atoms with Gasteiger partial charge in [-0.25, -0.2) is 4.39 Å². The number of methoxy groups -OCH3 is 1. The van der Waals surface area contributed by atoms with Crippen LogP contribution in [-0.4, -0.2) is 17.9 Å². The van der Waals surface area contributed by atoms with Crippen molar-refractivity contribution in [3.05, 3.63) is 93.8 Å². The van der Waals surface area contributed by atoms with Crippen molar-refractivity contribution in [2.24, 2.45) is 0 Å². The van der Waals surface area contributed by atoms with Crippen molar-refractivity contribution in [1.82, 2.24) is 4.90 Å². The average Bonchev–Trinajstić information content (AvgIpc) is 2.98. The molecular weight excluding hydrogens is 379 g/mol. The summed E-state index contributed by atoms with van der Waals surface area (Å²) >= 11 is 6.39. The van der Waals surface area contributed by atoms with Crippen molar-refractivity contribution in [3.8, 4) is 5.75 Å². The number of hydrogen-bond donors (Lipinski definition) is 1. The summed E-state index contributed by atoms with van der Waals surface area (Å²) in [4.78, 5) is 14.8. The second-order valence-electron chi connectivity index (χ2n) is 6.66. The summed E-state index contributed by atoms with van der Waals surface area (Å²) in [5.41, 5.74) is 9.29. The maximum atomic E-state index is 14.0. The Balaban J connectivity index is 1.82. The molecule has 0 saturated heterocycles. The van der Waals surface area contributed by atoms with Crippen molar-refractivity contribution in [2.45, 2.75) is 12.6 Å². The molecule has 142 valence electrons. The van der Waals surface area contributed by atoms with E-state index in [1.54, 1.807) is 30.2 Å². The van der Waals surface area contributed by atoms with Gasteiger partial charge in [0.05, 0.1) is 13.2 Å². The highest BCUT2D eigenvalue weighted by Crippen LogP contribution is 2.44. The second-order valence-corrected chi connectivity index (χ2v) is 7.07. The monoisotopic (exact) mass is 396 g/mol. The Kier molecular flexibility index (Phi) is 4.69. The van der Waals surface area contributed by atoms with Crippen molar-refractivity contribution in [1.29, 1.82) is 0 Å². The molecule has 0 fully saturated rings. The second kappa shape index (κ2) is 7.17. The van der Waals surface area contributed by atoms with E-state index in [1.807, 2.05) is 24.3 Å². The van der Waals surface area contributed by atoms with E-state index in [4.69, 9.17) is 22.1 Å². The molecule has 1 amide bonds. The summed E-state index contributed by atoms with van der Waals surface area (Å²) in [7, 11) is 1.60. The summed E-state index contributed by atoms with van der Waals surface area (Å²) < 4.78 is 19.2. The molecule has 4 rings (SSSR count). The molecule has 1 atom stereocenters. The summed E-state index contributed by atoms with van der Waals surface area (Å²) in [5.74, 6) is 0.149. The summed E-state index contributed by atoms with van der Waals surface area (Å²) in [6, 6.07) is 16.3. The Morgan fingerprint density at radius 3 is 2.61 bits per heavy atom. The highest BCUT2D eigenvalue weighted by Gasteiger charge is 2.40. The standard InChI is InChI=1S/C22H18ClFN2O2/c1-28-15-8-5-13(6-9-15)12-26-21(17-11-14(24)7-10-18(17)23)20-16(22(26)27)3-2-4-19(20)25/h2-11,21H,12,25H2,1H3. The minimum absolute atomic E-state index is 0.163. The van der Waals surface area contributed by atoms with Crippen LogP contribution in [0, 0.1) is 5.82 Å². The van der Waals surface area contributed by atoms with Crippen LogP contribution in [0.4, 0.5) is 10.1 Å². The van der Waals surface area contributed by atoms with Crippen molar-refractivity contribution >= 4 is 23.2 Å². The van der Waals surface area contributed by atoms with Crippen LogP contribution in [0.5, 0.6) is 5.75 Å². The molecule has 3 aromatic carbocycles. The van der Waals surface area contributed by atoms with Crippen molar-refractivity contribution in [3.63, 3.8) is 0 Å². The first kappa shape index (κ1) is 18.3. The number of nitrogens with zero attached hydrogens (tertiary/aromatic N) is 1. The first-order valence-corrected chi connectivity index (χ1v) is 9.14. The van der Waals surface area contributed by atoms with Gasteiger partial charge in [-0.2, -0.15) is 0 Å². The predicted molar refractivity (Wildman–Crippen MR) is 107 cm³/mol. The van der Waals surface area contributed by atoms with E-state index in [9.17, 15) is 9.18 Å². The quantitative estimate of drug-likeness (QED) is 0.643. The zero-order valence-corrected chi connectivity index (χ0v) is 15.9. The number of halogens is 2. The Morgan fingerprint density at radius 1 is 1.14 bits per heavy atom.